The van der Waals surface area contributed by atoms with Gasteiger partial charge in [0.1, 0.15) is 6.04 Å². The normalized spacial score (nSPS) is 12.3. The fourth-order valence-corrected chi connectivity index (χ4v) is 2.43. The Bertz CT molecular complexity index is 541. The highest BCUT2D eigenvalue weighted by Gasteiger charge is 2.24. The second-order valence-electron chi connectivity index (χ2n) is 6.55. The van der Waals surface area contributed by atoms with Crippen LogP contribution in [0.2, 0.25) is 0 Å². The molecule has 5 heteroatoms. The standard InChI is InChI=1S/C20H31N3O2/c1-4-5-6-7-8-12-15-21-23-20(25)18(16(2)3)22-19(24)17-13-10-9-11-14-17/h9-11,13-16,18H,4-8,12H2,1-3H3,(H,22,24)(H,23,25)/t18-/m1/s1. The molecule has 25 heavy (non-hydrogen) atoms. The van der Waals surface area contributed by atoms with E-state index in [0.29, 0.717) is 5.56 Å². The van der Waals surface area contributed by atoms with Crippen LogP contribution in [0.5, 0.6) is 0 Å². The van der Waals surface area contributed by atoms with Crippen molar-refractivity contribution in [1.82, 2.24) is 10.7 Å². The Balaban J connectivity index is 2.42. The van der Waals surface area contributed by atoms with Gasteiger partial charge in [-0.3, -0.25) is 9.59 Å². The first-order valence-electron chi connectivity index (χ1n) is 9.23. The fourth-order valence-electron chi connectivity index (χ4n) is 2.43. The molecule has 0 heterocycles. The lowest BCUT2D eigenvalue weighted by Gasteiger charge is -2.20. The van der Waals surface area contributed by atoms with E-state index >= 15 is 0 Å². The molecule has 5 nitrogen and oxygen atoms in total. The summed E-state index contributed by atoms with van der Waals surface area (Å²) in [6.45, 7) is 5.98. The summed E-state index contributed by atoms with van der Waals surface area (Å²) < 4.78 is 0. The molecule has 0 bridgehead atoms. The maximum atomic E-state index is 12.3. The number of unbranched alkanes of at least 4 members (excludes halogenated alkanes) is 5. The Morgan fingerprint density at radius 1 is 1.08 bits per heavy atom. The molecule has 0 fully saturated rings. The highest BCUT2D eigenvalue weighted by Crippen LogP contribution is 2.06. The van der Waals surface area contributed by atoms with Gasteiger partial charge >= 0.3 is 0 Å². The topological polar surface area (TPSA) is 70.6 Å². The molecule has 0 radical (unpaired) electrons. The molecular formula is C20H31N3O2. The van der Waals surface area contributed by atoms with Crippen LogP contribution in [0.4, 0.5) is 0 Å². The van der Waals surface area contributed by atoms with Crippen LogP contribution in [0.1, 0.15) is 69.7 Å². The van der Waals surface area contributed by atoms with Gasteiger partial charge in [0, 0.05) is 11.8 Å². The third-order valence-electron chi connectivity index (χ3n) is 3.97. The number of carbonyl (C=O) groups excluding carboxylic acids is 2. The number of rotatable bonds is 11. The zero-order valence-electron chi connectivity index (χ0n) is 15.6. The molecule has 1 atom stereocenters. The summed E-state index contributed by atoms with van der Waals surface area (Å²) in [5, 5.41) is 6.78. The van der Waals surface area contributed by atoms with Crippen molar-refractivity contribution in [3.05, 3.63) is 35.9 Å². The molecule has 0 spiro atoms. The van der Waals surface area contributed by atoms with Gasteiger partial charge in [0.05, 0.1) is 0 Å². The van der Waals surface area contributed by atoms with Gasteiger partial charge < -0.3 is 5.32 Å². The molecule has 0 unspecified atom stereocenters. The molecule has 1 rings (SSSR count). The molecule has 0 saturated carbocycles. The zero-order chi connectivity index (χ0) is 18.5. The number of benzene rings is 1. The predicted molar refractivity (Wildman–Crippen MR) is 103 cm³/mol. The van der Waals surface area contributed by atoms with Gasteiger partial charge in [0.15, 0.2) is 0 Å². The highest BCUT2D eigenvalue weighted by molar-refractivity contribution is 5.97. The van der Waals surface area contributed by atoms with E-state index in [1.807, 2.05) is 19.9 Å². The summed E-state index contributed by atoms with van der Waals surface area (Å²) in [6.07, 6.45) is 8.61. The number of nitrogens with zero attached hydrogens (tertiary/aromatic N) is 1. The first kappa shape index (κ1) is 20.9. The molecule has 138 valence electrons. The lowest BCUT2D eigenvalue weighted by molar-refractivity contribution is -0.123. The first-order valence-corrected chi connectivity index (χ1v) is 9.23. The van der Waals surface area contributed by atoms with Crippen LogP contribution in [0.3, 0.4) is 0 Å². The lowest BCUT2D eigenvalue weighted by atomic mass is 10.0. The number of hydrogen-bond acceptors (Lipinski definition) is 3. The summed E-state index contributed by atoms with van der Waals surface area (Å²) >= 11 is 0. The second-order valence-corrected chi connectivity index (χ2v) is 6.55. The molecular weight excluding hydrogens is 314 g/mol. The average Bonchev–Trinajstić information content (AvgIpc) is 2.62. The molecule has 1 aromatic carbocycles. The SMILES string of the molecule is CCCCCCCC=NNC(=O)[C@H](NC(=O)c1ccccc1)C(C)C. The van der Waals surface area contributed by atoms with E-state index < -0.39 is 6.04 Å². The minimum absolute atomic E-state index is 0.0306. The Morgan fingerprint density at radius 3 is 2.40 bits per heavy atom. The van der Waals surface area contributed by atoms with Crippen molar-refractivity contribution in [2.45, 2.75) is 65.3 Å². The first-order chi connectivity index (χ1) is 12.1. The Hall–Kier alpha value is -2.17. The van der Waals surface area contributed by atoms with E-state index in [0.717, 1.165) is 12.8 Å². The van der Waals surface area contributed by atoms with Crippen LogP contribution in [0.25, 0.3) is 0 Å². The molecule has 0 aromatic heterocycles. The van der Waals surface area contributed by atoms with Crippen molar-refractivity contribution in [3.8, 4) is 0 Å². The quantitative estimate of drug-likeness (QED) is 0.363. The fraction of sp³-hybridized carbons (Fsp3) is 0.550. The predicted octanol–water partition coefficient (Wildman–Crippen LogP) is 3.90. The summed E-state index contributed by atoms with van der Waals surface area (Å²) in [5.41, 5.74) is 3.08. The van der Waals surface area contributed by atoms with Gasteiger partial charge in [0.25, 0.3) is 11.8 Å². The molecule has 0 saturated heterocycles. The largest absolute Gasteiger partial charge is 0.340 e. The van der Waals surface area contributed by atoms with Crippen LogP contribution in [-0.2, 0) is 4.79 Å². The van der Waals surface area contributed by atoms with Crippen molar-refractivity contribution in [2.75, 3.05) is 0 Å². The van der Waals surface area contributed by atoms with E-state index in [4.69, 9.17) is 0 Å². The van der Waals surface area contributed by atoms with Crippen molar-refractivity contribution >= 4 is 18.0 Å². The summed E-state index contributed by atoms with van der Waals surface area (Å²) in [5.74, 6) is -0.576. The van der Waals surface area contributed by atoms with Gasteiger partial charge in [-0.1, -0.05) is 64.7 Å². The third-order valence-corrected chi connectivity index (χ3v) is 3.97. The number of amides is 2. The smallest absolute Gasteiger partial charge is 0.262 e. The third kappa shape index (κ3) is 8.47. The molecule has 1 aromatic rings. The number of hydrogen-bond donors (Lipinski definition) is 2. The van der Waals surface area contributed by atoms with Gasteiger partial charge in [0.2, 0.25) is 0 Å². The van der Waals surface area contributed by atoms with Crippen molar-refractivity contribution in [3.63, 3.8) is 0 Å². The molecule has 0 aliphatic heterocycles. The Morgan fingerprint density at radius 2 is 1.76 bits per heavy atom. The van der Waals surface area contributed by atoms with Crippen LogP contribution >= 0.6 is 0 Å². The molecule has 2 N–H and O–H groups in total. The summed E-state index contributed by atoms with van der Waals surface area (Å²) in [7, 11) is 0. The van der Waals surface area contributed by atoms with Crippen LogP contribution in [-0.4, -0.2) is 24.1 Å². The lowest BCUT2D eigenvalue weighted by Crippen LogP contribution is -2.48. The van der Waals surface area contributed by atoms with E-state index in [1.54, 1.807) is 30.5 Å². The zero-order valence-corrected chi connectivity index (χ0v) is 15.6. The molecule has 0 aliphatic carbocycles. The van der Waals surface area contributed by atoms with Gasteiger partial charge in [-0.25, -0.2) is 5.43 Å². The van der Waals surface area contributed by atoms with Gasteiger partial charge in [-0.15, -0.1) is 0 Å². The minimum Gasteiger partial charge on any atom is -0.340 e. The maximum Gasteiger partial charge on any atom is 0.262 e. The summed E-state index contributed by atoms with van der Waals surface area (Å²) in [6, 6.07) is 8.27. The second kappa shape index (κ2) is 12.2. The maximum absolute atomic E-state index is 12.3. The van der Waals surface area contributed by atoms with Crippen LogP contribution in [0.15, 0.2) is 35.4 Å². The minimum atomic E-state index is -0.616. The molecule has 0 aliphatic rings. The van der Waals surface area contributed by atoms with Crippen molar-refractivity contribution in [1.29, 1.82) is 0 Å². The van der Waals surface area contributed by atoms with Crippen LogP contribution < -0.4 is 10.7 Å². The summed E-state index contributed by atoms with van der Waals surface area (Å²) in [4.78, 5) is 24.5. The number of hydrazone groups is 1. The number of carbonyl (C=O) groups is 2. The van der Waals surface area contributed by atoms with E-state index in [9.17, 15) is 9.59 Å². The van der Waals surface area contributed by atoms with E-state index in [1.165, 1.54) is 25.7 Å². The average molecular weight is 345 g/mol. The monoisotopic (exact) mass is 345 g/mol. The van der Waals surface area contributed by atoms with Gasteiger partial charge in [-0.05, 0) is 30.9 Å². The van der Waals surface area contributed by atoms with Crippen molar-refractivity contribution < 1.29 is 9.59 Å². The van der Waals surface area contributed by atoms with Crippen LogP contribution in [0, 0.1) is 5.92 Å². The Kier molecular flexibility index (Phi) is 10.2. The molecule has 2 amide bonds. The Labute approximate surface area is 151 Å². The van der Waals surface area contributed by atoms with Gasteiger partial charge in [-0.2, -0.15) is 5.10 Å². The van der Waals surface area contributed by atoms with Crippen molar-refractivity contribution in [2.24, 2.45) is 11.0 Å². The van der Waals surface area contributed by atoms with E-state index in [-0.39, 0.29) is 17.7 Å². The van der Waals surface area contributed by atoms with E-state index in [2.05, 4.69) is 22.8 Å². The number of nitrogens with one attached hydrogen (secondary N) is 2. The highest BCUT2D eigenvalue weighted by atomic mass is 16.2.